The summed E-state index contributed by atoms with van der Waals surface area (Å²) in [6.07, 6.45) is -0.323. The van der Waals surface area contributed by atoms with E-state index in [4.69, 9.17) is 9.15 Å². The van der Waals surface area contributed by atoms with E-state index in [1.54, 1.807) is 39.2 Å². The first kappa shape index (κ1) is 26.4. The number of nitrogens with one attached hydrogen (secondary N) is 1. The minimum absolute atomic E-state index is 0.139. The summed E-state index contributed by atoms with van der Waals surface area (Å²) >= 11 is 0. The van der Waals surface area contributed by atoms with Crippen LogP contribution >= 0.6 is 0 Å². The number of amides is 1. The van der Waals surface area contributed by atoms with Crippen LogP contribution in [0.2, 0.25) is 0 Å². The van der Waals surface area contributed by atoms with E-state index in [2.05, 4.69) is 4.72 Å². The van der Waals surface area contributed by atoms with Gasteiger partial charge in [0.25, 0.3) is 0 Å². The van der Waals surface area contributed by atoms with Crippen LogP contribution < -0.4 is 15.1 Å². The second-order valence-corrected chi connectivity index (χ2v) is 10.7. The van der Waals surface area contributed by atoms with Crippen molar-refractivity contribution in [2.75, 3.05) is 41.3 Å². The lowest BCUT2D eigenvalue weighted by atomic mass is 9.98. The Morgan fingerprint density at radius 3 is 2.46 bits per heavy atom. The molecule has 0 radical (unpaired) electrons. The van der Waals surface area contributed by atoms with Crippen LogP contribution in [0.4, 0.5) is 4.79 Å². The van der Waals surface area contributed by atoms with Gasteiger partial charge in [-0.1, -0.05) is 12.1 Å². The van der Waals surface area contributed by atoms with Crippen molar-refractivity contribution in [1.29, 1.82) is 0 Å². The molecule has 0 atom stereocenters. The fourth-order valence-corrected chi connectivity index (χ4v) is 4.63. The zero-order valence-corrected chi connectivity index (χ0v) is 21.7. The molecule has 0 unspecified atom stereocenters. The Morgan fingerprint density at radius 2 is 1.80 bits per heavy atom. The summed E-state index contributed by atoms with van der Waals surface area (Å²) in [5, 5.41) is 0.718. The van der Waals surface area contributed by atoms with E-state index in [9.17, 15) is 18.0 Å². The molecule has 2 aromatic carbocycles. The van der Waals surface area contributed by atoms with Crippen molar-refractivity contribution in [3.8, 4) is 5.75 Å². The number of hydrogen-bond acceptors (Lipinski definition) is 7. The van der Waals surface area contributed by atoms with Gasteiger partial charge in [0.05, 0.1) is 4.90 Å². The Morgan fingerprint density at radius 1 is 1.09 bits per heavy atom. The van der Waals surface area contributed by atoms with Gasteiger partial charge in [-0.3, -0.25) is 0 Å². The van der Waals surface area contributed by atoms with Gasteiger partial charge in [0.15, 0.2) is 0 Å². The molecule has 0 bridgehead atoms. The molecule has 0 aliphatic rings. The Kier molecular flexibility index (Phi) is 7.99. The van der Waals surface area contributed by atoms with Gasteiger partial charge in [-0.2, -0.15) is 0 Å². The first-order chi connectivity index (χ1) is 16.4. The van der Waals surface area contributed by atoms with Crippen molar-refractivity contribution >= 4 is 27.1 Å². The van der Waals surface area contributed by atoms with Gasteiger partial charge < -0.3 is 19.0 Å². The minimum Gasteiger partial charge on any atom is -0.422 e. The standard InChI is InChI=1S/C25H31N3O6S/c1-16-12-20-17(2)21(24(29)33-23(20)15-22(16)34-25(30)28(5)6)14-18-8-7-9-19(13-18)35(31,32)26-10-11-27(3)4/h7-9,12-13,15,26H,10-11,14H2,1-6H3. The average molecular weight is 502 g/mol. The molecule has 1 N–H and O–H groups in total. The van der Waals surface area contributed by atoms with Gasteiger partial charge in [-0.15, -0.1) is 0 Å². The molecule has 3 aromatic rings. The normalized spacial score (nSPS) is 11.7. The van der Waals surface area contributed by atoms with E-state index in [1.807, 2.05) is 32.0 Å². The molecule has 0 saturated carbocycles. The number of carbonyl (C=O) groups excluding carboxylic acids is 1. The lowest BCUT2D eigenvalue weighted by Crippen LogP contribution is -2.31. The van der Waals surface area contributed by atoms with Crippen LogP contribution in [0.25, 0.3) is 11.0 Å². The van der Waals surface area contributed by atoms with Crippen molar-refractivity contribution in [2.24, 2.45) is 0 Å². The number of benzene rings is 2. The maximum absolute atomic E-state index is 12.9. The van der Waals surface area contributed by atoms with E-state index in [0.29, 0.717) is 34.6 Å². The molecule has 35 heavy (non-hydrogen) atoms. The molecule has 0 fully saturated rings. The number of ether oxygens (including phenoxy) is 1. The first-order valence-corrected chi connectivity index (χ1v) is 12.6. The van der Waals surface area contributed by atoms with Crippen LogP contribution in [0.1, 0.15) is 22.3 Å². The number of hydrogen-bond donors (Lipinski definition) is 1. The maximum atomic E-state index is 12.9. The molecule has 3 rings (SSSR count). The van der Waals surface area contributed by atoms with Crippen LogP contribution in [-0.4, -0.2) is 65.6 Å². The van der Waals surface area contributed by atoms with Gasteiger partial charge in [-0.05, 0) is 62.8 Å². The summed E-state index contributed by atoms with van der Waals surface area (Å²) in [6.45, 7) is 4.49. The van der Waals surface area contributed by atoms with Gasteiger partial charge in [0.2, 0.25) is 10.0 Å². The highest BCUT2D eigenvalue weighted by molar-refractivity contribution is 7.89. The molecule has 0 aliphatic heterocycles. The topological polar surface area (TPSA) is 109 Å². The highest BCUT2D eigenvalue weighted by Crippen LogP contribution is 2.29. The first-order valence-electron chi connectivity index (χ1n) is 11.1. The SMILES string of the molecule is Cc1cc2c(C)c(Cc3cccc(S(=O)(=O)NCCN(C)C)c3)c(=O)oc2cc1OC(=O)N(C)C. The van der Waals surface area contributed by atoms with Crippen molar-refractivity contribution < 1.29 is 22.4 Å². The van der Waals surface area contributed by atoms with Crippen molar-refractivity contribution in [3.05, 3.63) is 69.1 Å². The predicted molar refractivity (Wildman–Crippen MR) is 135 cm³/mol. The Labute approximate surface area is 205 Å². The van der Waals surface area contributed by atoms with E-state index in [0.717, 1.165) is 10.9 Å². The number of aryl methyl sites for hydroxylation is 2. The molecule has 1 amide bonds. The highest BCUT2D eigenvalue weighted by atomic mass is 32.2. The molecule has 0 saturated heterocycles. The maximum Gasteiger partial charge on any atom is 0.414 e. The smallest absolute Gasteiger partial charge is 0.414 e. The fourth-order valence-electron chi connectivity index (χ4n) is 3.54. The zero-order chi connectivity index (χ0) is 25.9. The second kappa shape index (κ2) is 10.6. The number of carbonyl (C=O) groups is 1. The third-order valence-electron chi connectivity index (χ3n) is 5.59. The third kappa shape index (κ3) is 6.27. The number of likely N-dealkylation sites (N-methyl/N-ethyl adjacent to an activating group) is 1. The van der Waals surface area contributed by atoms with Crippen molar-refractivity contribution in [1.82, 2.24) is 14.5 Å². The zero-order valence-electron chi connectivity index (χ0n) is 20.8. The van der Waals surface area contributed by atoms with Crippen LogP contribution in [-0.2, 0) is 16.4 Å². The van der Waals surface area contributed by atoms with Gasteiger partial charge in [0.1, 0.15) is 11.3 Å². The molecular formula is C25H31N3O6S. The van der Waals surface area contributed by atoms with Crippen LogP contribution in [0.5, 0.6) is 5.75 Å². The number of sulfonamides is 1. The number of rotatable bonds is 8. The van der Waals surface area contributed by atoms with E-state index in [1.165, 1.54) is 17.0 Å². The number of fused-ring (bicyclic) bond motifs is 1. The summed E-state index contributed by atoms with van der Waals surface area (Å²) < 4.78 is 38.8. The average Bonchev–Trinajstić information content (AvgIpc) is 2.77. The molecule has 1 aromatic heterocycles. The molecule has 0 aliphatic carbocycles. The summed E-state index contributed by atoms with van der Waals surface area (Å²) in [5.74, 6) is 0.311. The molecule has 10 heteroatoms. The van der Waals surface area contributed by atoms with Gasteiger partial charge >= 0.3 is 11.7 Å². The lowest BCUT2D eigenvalue weighted by Gasteiger charge is -2.14. The summed E-state index contributed by atoms with van der Waals surface area (Å²) in [7, 11) is 3.21. The predicted octanol–water partition coefficient (Wildman–Crippen LogP) is 2.90. The van der Waals surface area contributed by atoms with Crippen LogP contribution in [0, 0.1) is 13.8 Å². The molecule has 9 nitrogen and oxygen atoms in total. The Bertz CT molecular complexity index is 1410. The van der Waals surface area contributed by atoms with Gasteiger partial charge in [0, 0.05) is 50.6 Å². The highest BCUT2D eigenvalue weighted by Gasteiger charge is 2.18. The number of nitrogens with zero attached hydrogens (tertiary/aromatic N) is 2. The molecule has 0 spiro atoms. The fraction of sp³-hybridized carbons (Fsp3) is 0.360. The van der Waals surface area contributed by atoms with Crippen molar-refractivity contribution in [3.63, 3.8) is 0 Å². The van der Waals surface area contributed by atoms with E-state index >= 15 is 0 Å². The largest absolute Gasteiger partial charge is 0.422 e. The van der Waals surface area contributed by atoms with Gasteiger partial charge in [-0.25, -0.2) is 22.7 Å². The molecule has 188 valence electrons. The minimum atomic E-state index is -3.68. The van der Waals surface area contributed by atoms with E-state index in [-0.39, 0.29) is 17.9 Å². The lowest BCUT2D eigenvalue weighted by molar-refractivity contribution is 0.171. The van der Waals surface area contributed by atoms with E-state index < -0.39 is 21.7 Å². The summed E-state index contributed by atoms with van der Waals surface area (Å²) in [5.41, 5.74) is 2.33. The van der Waals surface area contributed by atoms with Crippen molar-refractivity contribution in [2.45, 2.75) is 25.2 Å². The molecular weight excluding hydrogens is 470 g/mol. The second-order valence-electron chi connectivity index (χ2n) is 8.89. The monoisotopic (exact) mass is 501 g/mol. The quantitative estimate of drug-likeness (QED) is 0.473. The van der Waals surface area contributed by atoms with Crippen LogP contribution in [0.15, 0.2) is 50.5 Å². The Hall–Kier alpha value is -3.21. The van der Waals surface area contributed by atoms with Crippen LogP contribution in [0.3, 0.4) is 0 Å². The molecule has 1 heterocycles. The summed E-state index contributed by atoms with van der Waals surface area (Å²) in [6, 6.07) is 9.87. The third-order valence-corrected chi connectivity index (χ3v) is 7.04. The summed E-state index contributed by atoms with van der Waals surface area (Å²) in [4.78, 5) is 28.1. The Balaban J connectivity index is 1.93.